The van der Waals surface area contributed by atoms with E-state index in [4.69, 9.17) is 4.74 Å². The van der Waals surface area contributed by atoms with Gasteiger partial charge in [0.15, 0.2) is 0 Å². The molecule has 0 amide bonds. The van der Waals surface area contributed by atoms with Gasteiger partial charge in [-0.15, -0.1) is 0 Å². The molecule has 0 aliphatic heterocycles. The van der Waals surface area contributed by atoms with Crippen molar-refractivity contribution < 1.29 is 9.66 Å². The van der Waals surface area contributed by atoms with E-state index in [1.165, 1.54) is 6.07 Å². The fourth-order valence-corrected chi connectivity index (χ4v) is 1.44. The van der Waals surface area contributed by atoms with E-state index in [1.54, 1.807) is 42.5 Å². The van der Waals surface area contributed by atoms with Crippen molar-refractivity contribution >= 4 is 5.69 Å². The monoisotopic (exact) mass is 228 g/mol. The molecule has 0 aromatic heterocycles. The van der Waals surface area contributed by atoms with Gasteiger partial charge in [0.1, 0.15) is 12.4 Å². The van der Waals surface area contributed by atoms with Crippen LogP contribution in [0, 0.1) is 16.2 Å². The number of nitro benzene ring substituents is 1. The maximum absolute atomic E-state index is 10.8. The number of rotatable bonds is 4. The number of nitro groups is 1. The Kier molecular flexibility index (Phi) is 3.35. The smallest absolute Gasteiger partial charge is 0.276 e. The minimum atomic E-state index is -0.405. The molecule has 0 unspecified atom stereocenters. The summed E-state index contributed by atoms with van der Waals surface area (Å²) in [6.45, 7) is 0.182. The topological polar surface area (TPSA) is 52.4 Å². The fraction of sp³-hybridized carbons (Fsp3) is 0.0769. The summed E-state index contributed by atoms with van der Waals surface area (Å²) in [5.74, 6) is 0.668. The molecule has 2 aromatic carbocycles. The molecular formula is C13H10NO3. The van der Waals surface area contributed by atoms with Gasteiger partial charge in [-0.05, 0) is 24.3 Å². The molecule has 0 aliphatic carbocycles. The maximum atomic E-state index is 10.8. The van der Waals surface area contributed by atoms with Crippen LogP contribution in [0.4, 0.5) is 5.69 Å². The lowest BCUT2D eigenvalue weighted by molar-refractivity contribution is -0.385. The molecule has 17 heavy (non-hydrogen) atoms. The van der Waals surface area contributed by atoms with E-state index < -0.39 is 4.92 Å². The highest BCUT2D eigenvalue weighted by Gasteiger charge is 2.12. The molecule has 0 saturated heterocycles. The van der Waals surface area contributed by atoms with Gasteiger partial charge in [0.05, 0.1) is 10.5 Å². The second-order valence-corrected chi connectivity index (χ2v) is 3.41. The highest BCUT2D eigenvalue weighted by Crippen LogP contribution is 2.19. The highest BCUT2D eigenvalue weighted by atomic mass is 16.6. The summed E-state index contributed by atoms with van der Waals surface area (Å²) in [4.78, 5) is 10.4. The van der Waals surface area contributed by atoms with Crippen molar-refractivity contribution in [1.82, 2.24) is 0 Å². The molecular weight excluding hydrogens is 218 g/mol. The third kappa shape index (κ3) is 2.81. The normalized spacial score (nSPS) is 9.88. The predicted molar refractivity (Wildman–Crippen MR) is 62.7 cm³/mol. The molecule has 4 heteroatoms. The van der Waals surface area contributed by atoms with Crippen molar-refractivity contribution in [3.8, 4) is 5.75 Å². The fourth-order valence-electron chi connectivity index (χ4n) is 1.44. The van der Waals surface area contributed by atoms with Crippen LogP contribution in [0.15, 0.2) is 48.5 Å². The van der Waals surface area contributed by atoms with E-state index in [2.05, 4.69) is 6.07 Å². The summed E-state index contributed by atoms with van der Waals surface area (Å²) in [7, 11) is 0. The first-order chi connectivity index (χ1) is 8.27. The third-order valence-corrected chi connectivity index (χ3v) is 2.27. The molecule has 0 fully saturated rings. The van der Waals surface area contributed by atoms with Crippen LogP contribution in [-0.4, -0.2) is 4.92 Å². The van der Waals surface area contributed by atoms with Crippen LogP contribution in [0.5, 0.6) is 5.75 Å². The van der Waals surface area contributed by atoms with Crippen LogP contribution in [0.25, 0.3) is 0 Å². The summed E-state index contributed by atoms with van der Waals surface area (Å²) < 4.78 is 5.46. The van der Waals surface area contributed by atoms with Gasteiger partial charge in [-0.3, -0.25) is 10.1 Å². The summed E-state index contributed by atoms with van der Waals surface area (Å²) >= 11 is 0. The number of hydrogen-bond acceptors (Lipinski definition) is 3. The van der Waals surface area contributed by atoms with Crippen molar-refractivity contribution in [2.75, 3.05) is 0 Å². The zero-order chi connectivity index (χ0) is 12.1. The Labute approximate surface area is 98.6 Å². The van der Waals surface area contributed by atoms with Crippen LogP contribution < -0.4 is 4.74 Å². The van der Waals surface area contributed by atoms with Gasteiger partial charge in [0.2, 0.25) is 0 Å². The van der Waals surface area contributed by atoms with Gasteiger partial charge in [0.25, 0.3) is 5.69 Å². The van der Waals surface area contributed by atoms with Crippen LogP contribution in [0.1, 0.15) is 5.56 Å². The molecule has 1 radical (unpaired) electrons. The first-order valence-corrected chi connectivity index (χ1v) is 5.08. The van der Waals surface area contributed by atoms with Crippen LogP contribution in [0.2, 0.25) is 0 Å². The lowest BCUT2D eigenvalue weighted by Gasteiger charge is -2.06. The Morgan fingerprint density at radius 3 is 2.59 bits per heavy atom. The average molecular weight is 228 g/mol. The van der Waals surface area contributed by atoms with E-state index in [9.17, 15) is 10.1 Å². The zero-order valence-corrected chi connectivity index (χ0v) is 9.00. The summed E-state index contributed by atoms with van der Waals surface area (Å²) in [5, 5.41) is 10.8. The Hall–Kier alpha value is -2.36. The van der Waals surface area contributed by atoms with E-state index >= 15 is 0 Å². The Morgan fingerprint density at radius 2 is 1.88 bits per heavy atom. The second-order valence-electron chi connectivity index (χ2n) is 3.41. The van der Waals surface area contributed by atoms with Gasteiger partial charge in [-0.2, -0.15) is 0 Å². The quantitative estimate of drug-likeness (QED) is 0.597. The minimum Gasteiger partial charge on any atom is -0.489 e. The van der Waals surface area contributed by atoms with Gasteiger partial charge in [0, 0.05) is 6.07 Å². The van der Waals surface area contributed by atoms with E-state index in [1.807, 2.05) is 0 Å². The van der Waals surface area contributed by atoms with Crippen molar-refractivity contribution in [3.63, 3.8) is 0 Å². The lowest BCUT2D eigenvalue weighted by atomic mass is 10.2. The van der Waals surface area contributed by atoms with Crippen molar-refractivity contribution in [2.24, 2.45) is 0 Å². The predicted octanol–water partition coefficient (Wildman–Crippen LogP) is 2.97. The van der Waals surface area contributed by atoms with Crippen molar-refractivity contribution in [1.29, 1.82) is 0 Å². The minimum absolute atomic E-state index is 0.0787. The van der Waals surface area contributed by atoms with E-state index in [-0.39, 0.29) is 12.3 Å². The molecule has 0 aliphatic rings. The first-order valence-electron chi connectivity index (χ1n) is 5.08. The largest absolute Gasteiger partial charge is 0.489 e. The Bertz CT molecular complexity index is 511. The second kappa shape index (κ2) is 5.12. The zero-order valence-electron chi connectivity index (χ0n) is 9.00. The molecule has 0 saturated carbocycles. The van der Waals surface area contributed by atoms with Gasteiger partial charge in [-0.1, -0.05) is 24.3 Å². The SMILES string of the molecule is O=[N+]([O-])c1ccccc1COc1cc[c]cc1. The van der Waals surface area contributed by atoms with Crippen molar-refractivity contribution in [2.45, 2.75) is 6.61 Å². The summed E-state index contributed by atoms with van der Waals surface area (Å²) in [5.41, 5.74) is 0.639. The van der Waals surface area contributed by atoms with E-state index in [0.717, 1.165) is 0 Å². The van der Waals surface area contributed by atoms with Crippen molar-refractivity contribution in [3.05, 3.63) is 70.3 Å². The standard InChI is InChI=1S/C13H10NO3/c15-14(16)13-9-5-4-6-11(13)10-17-12-7-2-1-3-8-12/h2-9H,10H2. The first kappa shape index (κ1) is 11.1. The molecule has 85 valence electrons. The molecule has 0 bridgehead atoms. The molecule has 0 heterocycles. The Balaban J connectivity index is 2.12. The van der Waals surface area contributed by atoms with Crippen LogP contribution in [0.3, 0.4) is 0 Å². The Morgan fingerprint density at radius 1 is 1.18 bits per heavy atom. The highest BCUT2D eigenvalue weighted by molar-refractivity contribution is 5.39. The number of hydrogen-bond donors (Lipinski definition) is 0. The average Bonchev–Trinajstić information content (AvgIpc) is 2.38. The van der Waals surface area contributed by atoms with Gasteiger partial charge < -0.3 is 4.74 Å². The number of benzene rings is 2. The summed E-state index contributed by atoms with van der Waals surface area (Å²) in [6.07, 6.45) is 0. The summed E-state index contributed by atoms with van der Waals surface area (Å²) in [6, 6.07) is 16.4. The molecule has 0 spiro atoms. The third-order valence-electron chi connectivity index (χ3n) is 2.27. The van der Waals surface area contributed by atoms with Crippen LogP contribution >= 0.6 is 0 Å². The lowest BCUT2D eigenvalue weighted by Crippen LogP contribution is -2.00. The number of ether oxygens (including phenoxy) is 1. The number of nitrogens with zero attached hydrogens (tertiary/aromatic N) is 1. The van der Waals surface area contributed by atoms with Gasteiger partial charge in [-0.25, -0.2) is 0 Å². The molecule has 2 rings (SSSR count). The molecule has 0 atom stereocenters. The molecule has 2 aromatic rings. The van der Waals surface area contributed by atoms with E-state index in [0.29, 0.717) is 11.3 Å². The van der Waals surface area contributed by atoms with Crippen LogP contribution in [-0.2, 0) is 6.61 Å². The number of para-hydroxylation sites is 1. The maximum Gasteiger partial charge on any atom is 0.276 e. The molecule has 0 N–H and O–H groups in total. The van der Waals surface area contributed by atoms with Gasteiger partial charge >= 0.3 is 0 Å². The molecule has 4 nitrogen and oxygen atoms in total.